The van der Waals surface area contributed by atoms with Crippen LogP contribution in [0.3, 0.4) is 0 Å². The molecule has 2 rings (SSSR count). The van der Waals surface area contributed by atoms with E-state index in [0.717, 1.165) is 50.4 Å². The molecule has 0 atom stereocenters. The van der Waals surface area contributed by atoms with Crippen LogP contribution in [0.4, 0.5) is 5.69 Å². The van der Waals surface area contributed by atoms with E-state index in [4.69, 9.17) is 10.5 Å². The fourth-order valence-electron chi connectivity index (χ4n) is 2.55. The number of amides is 1. The van der Waals surface area contributed by atoms with Crippen molar-refractivity contribution in [3.63, 3.8) is 0 Å². The number of benzene rings is 1. The predicted molar refractivity (Wildman–Crippen MR) is 83.8 cm³/mol. The minimum absolute atomic E-state index is 0.0904. The molecule has 1 amide bonds. The quantitative estimate of drug-likeness (QED) is 0.777. The van der Waals surface area contributed by atoms with Gasteiger partial charge in [0.15, 0.2) is 0 Å². The zero-order valence-corrected chi connectivity index (χ0v) is 12.7. The van der Waals surface area contributed by atoms with Crippen molar-refractivity contribution in [2.24, 2.45) is 0 Å². The van der Waals surface area contributed by atoms with Crippen molar-refractivity contribution in [3.8, 4) is 0 Å². The molecule has 21 heavy (non-hydrogen) atoms. The molecule has 3 N–H and O–H groups in total. The van der Waals surface area contributed by atoms with Gasteiger partial charge in [0.05, 0.1) is 6.54 Å². The van der Waals surface area contributed by atoms with Gasteiger partial charge in [-0.15, -0.1) is 0 Å². The molecule has 0 spiro atoms. The third-order valence-electron chi connectivity index (χ3n) is 3.76. The van der Waals surface area contributed by atoms with Crippen molar-refractivity contribution in [2.45, 2.75) is 32.4 Å². The van der Waals surface area contributed by atoms with Gasteiger partial charge in [0.1, 0.15) is 0 Å². The standard InChI is InChI=1S/C16H25N3O2/c1-2-19(11-13-4-3-5-14(17)10-13)12-16(20)18-15-6-8-21-9-7-15/h3-5,10,15H,2,6-9,11-12,17H2,1H3,(H,18,20). The number of rotatable bonds is 6. The lowest BCUT2D eigenvalue weighted by Crippen LogP contribution is -2.44. The number of likely N-dealkylation sites (N-methyl/N-ethyl adjacent to an activating group) is 1. The van der Waals surface area contributed by atoms with E-state index < -0.39 is 0 Å². The van der Waals surface area contributed by atoms with Crippen molar-refractivity contribution >= 4 is 11.6 Å². The molecule has 1 aromatic rings. The van der Waals surface area contributed by atoms with Crippen molar-refractivity contribution in [2.75, 3.05) is 32.0 Å². The molecule has 1 aromatic carbocycles. The molecule has 0 saturated carbocycles. The molecule has 116 valence electrons. The van der Waals surface area contributed by atoms with Gasteiger partial charge in [-0.05, 0) is 37.1 Å². The van der Waals surface area contributed by atoms with Gasteiger partial charge >= 0.3 is 0 Å². The number of carbonyl (C=O) groups is 1. The van der Waals surface area contributed by atoms with E-state index in [-0.39, 0.29) is 11.9 Å². The summed E-state index contributed by atoms with van der Waals surface area (Å²) in [6.07, 6.45) is 1.82. The number of anilines is 1. The van der Waals surface area contributed by atoms with Crippen LogP contribution < -0.4 is 11.1 Å². The summed E-state index contributed by atoms with van der Waals surface area (Å²) in [5, 5.41) is 3.10. The van der Waals surface area contributed by atoms with Crippen molar-refractivity contribution in [3.05, 3.63) is 29.8 Å². The summed E-state index contributed by atoms with van der Waals surface area (Å²) in [7, 11) is 0. The summed E-state index contributed by atoms with van der Waals surface area (Å²) in [6.45, 7) is 5.53. The lowest BCUT2D eigenvalue weighted by Gasteiger charge is -2.25. The Kier molecular flexibility index (Phi) is 6.02. The average molecular weight is 291 g/mol. The fraction of sp³-hybridized carbons (Fsp3) is 0.562. The Morgan fingerprint density at radius 2 is 2.19 bits per heavy atom. The molecule has 0 radical (unpaired) electrons. The number of nitrogens with one attached hydrogen (secondary N) is 1. The van der Waals surface area contributed by atoms with Crippen LogP contribution in [-0.2, 0) is 16.1 Å². The van der Waals surface area contributed by atoms with E-state index in [0.29, 0.717) is 6.54 Å². The Morgan fingerprint density at radius 1 is 1.43 bits per heavy atom. The van der Waals surface area contributed by atoms with Crippen LogP contribution >= 0.6 is 0 Å². The molecular formula is C16H25N3O2. The molecule has 0 aromatic heterocycles. The minimum Gasteiger partial charge on any atom is -0.399 e. The highest BCUT2D eigenvalue weighted by atomic mass is 16.5. The molecule has 0 bridgehead atoms. The first-order valence-electron chi connectivity index (χ1n) is 7.61. The molecule has 0 unspecified atom stereocenters. The van der Waals surface area contributed by atoms with Gasteiger partial charge < -0.3 is 15.8 Å². The monoisotopic (exact) mass is 291 g/mol. The molecule has 1 aliphatic heterocycles. The van der Waals surface area contributed by atoms with Crippen LogP contribution in [0.15, 0.2) is 24.3 Å². The summed E-state index contributed by atoms with van der Waals surface area (Å²) >= 11 is 0. The largest absolute Gasteiger partial charge is 0.399 e. The lowest BCUT2D eigenvalue weighted by atomic mass is 10.1. The van der Waals surface area contributed by atoms with E-state index in [1.807, 2.05) is 24.3 Å². The van der Waals surface area contributed by atoms with Gasteiger partial charge in [0, 0.05) is 31.5 Å². The van der Waals surface area contributed by atoms with Gasteiger partial charge in [-0.3, -0.25) is 9.69 Å². The SMILES string of the molecule is CCN(CC(=O)NC1CCOCC1)Cc1cccc(N)c1. The summed E-state index contributed by atoms with van der Waals surface area (Å²) in [5.74, 6) is 0.0904. The van der Waals surface area contributed by atoms with E-state index in [1.165, 1.54) is 0 Å². The zero-order valence-electron chi connectivity index (χ0n) is 12.7. The molecule has 1 fully saturated rings. The number of hydrogen-bond acceptors (Lipinski definition) is 4. The lowest BCUT2D eigenvalue weighted by molar-refractivity contribution is -0.123. The molecule has 0 aliphatic carbocycles. The number of hydrogen-bond donors (Lipinski definition) is 2. The Morgan fingerprint density at radius 3 is 2.86 bits per heavy atom. The van der Waals surface area contributed by atoms with Gasteiger partial charge in [0.2, 0.25) is 5.91 Å². The normalized spacial score (nSPS) is 16.1. The van der Waals surface area contributed by atoms with E-state index in [2.05, 4.69) is 17.1 Å². The first-order valence-corrected chi connectivity index (χ1v) is 7.61. The van der Waals surface area contributed by atoms with Gasteiger partial charge in [-0.1, -0.05) is 19.1 Å². The molecule has 1 aliphatic rings. The third-order valence-corrected chi connectivity index (χ3v) is 3.76. The maximum atomic E-state index is 12.1. The van der Waals surface area contributed by atoms with Crippen LogP contribution in [0.2, 0.25) is 0 Å². The number of nitrogen functional groups attached to an aromatic ring is 1. The average Bonchev–Trinajstić information content (AvgIpc) is 2.47. The van der Waals surface area contributed by atoms with E-state index in [9.17, 15) is 4.79 Å². The van der Waals surface area contributed by atoms with Gasteiger partial charge in [0.25, 0.3) is 0 Å². The van der Waals surface area contributed by atoms with Crippen LogP contribution in [0.1, 0.15) is 25.3 Å². The number of carbonyl (C=O) groups excluding carboxylic acids is 1. The summed E-state index contributed by atoms with van der Waals surface area (Å²) < 4.78 is 5.30. The molecule has 5 nitrogen and oxygen atoms in total. The van der Waals surface area contributed by atoms with Gasteiger partial charge in [-0.2, -0.15) is 0 Å². The number of nitrogens with zero attached hydrogens (tertiary/aromatic N) is 1. The smallest absolute Gasteiger partial charge is 0.234 e. The first kappa shape index (κ1) is 15.8. The highest BCUT2D eigenvalue weighted by Crippen LogP contribution is 2.10. The fourth-order valence-corrected chi connectivity index (χ4v) is 2.55. The summed E-state index contributed by atoms with van der Waals surface area (Å²) in [5.41, 5.74) is 7.69. The second kappa shape index (κ2) is 8.00. The Labute approximate surface area is 126 Å². The highest BCUT2D eigenvalue weighted by Gasteiger charge is 2.17. The van der Waals surface area contributed by atoms with E-state index in [1.54, 1.807) is 0 Å². The number of nitrogens with two attached hydrogens (primary N) is 1. The van der Waals surface area contributed by atoms with Crippen LogP contribution in [0.25, 0.3) is 0 Å². The Hall–Kier alpha value is -1.59. The first-order chi connectivity index (χ1) is 10.2. The maximum Gasteiger partial charge on any atom is 0.234 e. The van der Waals surface area contributed by atoms with Gasteiger partial charge in [-0.25, -0.2) is 0 Å². The van der Waals surface area contributed by atoms with E-state index >= 15 is 0 Å². The second-order valence-electron chi connectivity index (χ2n) is 5.50. The van der Waals surface area contributed by atoms with Crippen molar-refractivity contribution < 1.29 is 9.53 Å². The topological polar surface area (TPSA) is 67.6 Å². The summed E-state index contributed by atoms with van der Waals surface area (Å²) in [6, 6.07) is 8.07. The van der Waals surface area contributed by atoms with Crippen molar-refractivity contribution in [1.82, 2.24) is 10.2 Å². The second-order valence-corrected chi connectivity index (χ2v) is 5.50. The molecular weight excluding hydrogens is 266 g/mol. The number of ether oxygens (including phenoxy) is 1. The minimum atomic E-state index is 0.0904. The molecule has 1 heterocycles. The highest BCUT2D eigenvalue weighted by molar-refractivity contribution is 5.78. The molecule has 5 heteroatoms. The van der Waals surface area contributed by atoms with Crippen LogP contribution in [0, 0.1) is 0 Å². The van der Waals surface area contributed by atoms with Crippen molar-refractivity contribution in [1.29, 1.82) is 0 Å². The molecule has 1 saturated heterocycles. The Bertz CT molecular complexity index is 459. The summed E-state index contributed by atoms with van der Waals surface area (Å²) in [4.78, 5) is 14.2. The maximum absolute atomic E-state index is 12.1. The Balaban J connectivity index is 1.82. The van der Waals surface area contributed by atoms with Crippen LogP contribution in [-0.4, -0.2) is 43.2 Å². The van der Waals surface area contributed by atoms with Crippen LogP contribution in [0.5, 0.6) is 0 Å². The predicted octanol–water partition coefficient (Wildman–Crippen LogP) is 1.39. The zero-order chi connectivity index (χ0) is 15.1. The third kappa shape index (κ3) is 5.36.